The first-order valence-electron chi connectivity index (χ1n) is 7.61. The summed E-state index contributed by atoms with van der Waals surface area (Å²) >= 11 is 6.21. The minimum atomic E-state index is -0.484. The molecule has 0 aliphatic carbocycles. The predicted octanol–water partition coefficient (Wildman–Crippen LogP) is 3.06. The summed E-state index contributed by atoms with van der Waals surface area (Å²) in [6.45, 7) is 1.98. The summed E-state index contributed by atoms with van der Waals surface area (Å²) in [5, 5.41) is 4.73. The molecule has 0 radical (unpaired) electrons. The number of rotatable bonds is 4. The molecule has 0 atom stereocenters. The van der Waals surface area contributed by atoms with Crippen molar-refractivity contribution < 1.29 is 9.21 Å². The highest BCUT2D eigenvalue weighted by atomic mass is 35.5. The van der Waals surface area contributed by atoms with Gasteiger partial charge in [0.25, 0.3) is 5.91 Å². The SMILES string of the molecule is Cc1cc(=O)c(C(=O)N(C)Cc2ccco2)nn1-c1ccccc1Cl. The summed E-state index contributed by atoms with van der Waals surface area (Å²) in [5.74, 6) is 0.136. The summed E-state index contributed by atoms with van der Waals surface area (Å²) < 4.78 is 6.73. The Hall–Kier alpha value is -2.86. The first kappa shape index (κ1) is 17.0. The van der Waals surface area contributed by atoms with Gasteiger partial charge in [-0.3, -0.25) is 9.59 Å². The molecule has 0 fully saturated rings. The Morgan fingerprint density at radius 3 is 2.72 bits per heavy atom. The maximum atomic E-state index is 12.6. The highest BCUT2D eigenvalue weighted by molar-refractivity contribution is 6.32. The lowest BCUT2D eigenvalue weighted by Gasteiger charge is -2.17. The molecule has 25 heavy (non-hydrogen) atoms. The second-order valence-electron chi connectivity index (χ2n) is 5.60. The average Bonchev–Trinajstić information content (AvgIpc) is 3.08. The zero-order valence-electron chi connectivity index (χ0n) is 13.8. The van der Waals surface area contributed by atoms with E-state index < -0.39 is 11.3 Å². The number of carbonyl (C=O) groups is 1. The number of furan rings is 1. The number of carbonyl (C=O) groups excluding carboxylic acids is 1. The number of aryl methyl sites for hydroxylation is 1. The molecule has 0 N–H and O–H groups in total. The normalized spacial score (nSPS) is 10.7. The smallest absolute Gasteiger partial charge is 0.278 e. The van der Waals surface area contributed by atoms with Gasteiger partial charge in [-0.1, -0.05) is 23.7 Å². The van der Waals surface area contributed by atoms with E-state index in [0.717, 1.165) is 0 Å². The molecule has 0 unspecified atom stereocenters. The van der Waals surface area contributed by atoms with E-state index in [4.69, 9.17) is 16.0 Å². The van der Waals surface area contributed by atoms with Crippen molar-refractivity contribution in [3.8, 4) is 5.69 Å². The van der Waals surface area contributed by atoms with Crippen LogP contribution in [0.1, 0.15) is 21.9 Å². The van der Waals surface area contributed by atoms with Gasteiger partial charge in [0.15, 0.2) is 5.69 Å². The molecule has 0 saturated carbocycles. The number of aromatic nitrogens is 2. The van der Waals surface area contributed by atoms with E-state index in [-0.39, 0.29) is 12.2 Å². The van der Waals surface area contributed by atoms with Crippen LogP contribution in [0.5, 0.6) is 0 Å². The monoisotopic (exact) mass is 357 g/mol. The molecule has 0 bridgehead atoms. The Morgan fingerprint density at radius 2 is 2.04 bits per heavy atom. The molecule has 1 amide bonds. The predicted molar refractivity (Wildman–Crippen MR) is 94.1 cm³/mol. The van der Waals surface area contributed by atoms with E-state index >= 15 is 0 Å². The number of halogens is 1. The second kappa shape index (κ2) is 6.94. The molecular formula is C18H16ClN3O3. The van der Waals surface area contributed by atoms with Gasteiger partial charge in [-0.2, -0.15) is 5.10 Å². The molecular weight excluding hydrogens is 342 g/mol. The van der Waals surface area contributed by atoms with Crippen LogP contribution in [0.15, 0.2) is 57.9 Å². The molecule has 3 rings (SSSR count). The van der Waals surface area contributed by atoms with Crippen molar-refractivity contribution >= 4 is 17.5 Å². The summed E-state index contributed by atoms with van der Waals surface area (Å²) in [6, 6.07) is 12.0. The molecule has 3 aromatic rings. The summed E-state index contributed by atoms with van der Waals surface area (Å²) in [4.78, 5) is 26.3. The van der Waals surface area contributed by atoms with Crippen LogP contribution in [0.2, 0.25) is 5.02 Å². The van der Waals surface area contributed by atoms with Crippen molar-refractivity contribution in [1.82, 2.24) is 14.7 Å². The number of hydrogen-bond donors (Lipinski definition) is 0. The standard InChI is InChI=1S/C18H16ClN3O3/c1-12-10-16(23)17(18(24)21(2)11-13-6-5-9-25-13)20-22(12)15-8-4-3-7-14(15)19/h3-10H,11H2,1-2H3. The largest absolute Gasteiger partial charge is 0.467 e. The molecule has 0 aliphatic heterocycles. The van der Waals surface area contributed by atoms with Crippen LogP contribution in [0.25, 0.3) is 5.69 Å². The molecule has 6 nitrogen and oxygen atoms in total. The topological polar surface area (TPSA) is 68.3 Å². The molecule has 1 aromatic carbocycles. The van der Waals surface area contributed by atoms with Gasteiger partial charge in [0, 0.05) is 18.8 Å². The van der Waals surface area contributed by atoms with E-state index in [0.29, 0.717) is 22.2 Å². The van der Waals surface area contributed by atoms with E-state index in [1.807, 2.05) is 6.07 Å². The quantitative estimate of drug-likeness (QED) is 0.719. The van der Waals surface area contributed by atoms with Gasteiger partial charge >= 0.3 is 0 Å². The molecule has 128 valence electrons. The van der Waals surface area contributed by atoms with Crippen LogP contribution in [0.4, 0.5) is 0 Å². The number of benzene rings is 1. The molecule has 2 aromatic heterocycles. The van der Waals surface area contributed by atoms with Gasteiger partial charge in [-0.25, -0.2) is 4.68 Å². The fourth-order valence-electron chi connectivity index (χ4n) is 2.45. The van der Waals surface area contributed by atoms with Crippen molar-refractivity contribution in [3.63, 3.8) is 0 Å². The van der Waals surface area contributed by atoms with Crippen LogP contribution in [0, 0.1) is 6.92 Å². The number of hydrogen-bond acceptors (Lipinski definition) is 4. The lowest BCUT2D eigenvalue weighted by molar-refractivity contribution is 0.0766. The van der Waals surface area contributed by atoms with Crippen LogP contribution in [-0.4, -0.2) is 27.6 Å². The Kier molecular flexibility index (Phi) is 4.72. The van der Waals surface area contributed by atoms with Crippen molar-refractivity contribution in [2.45, 2.75) is 13.5 Å². The van der Waals surface area contributed by atoms with Gasteiger partial charge < -0.3 is 9.32 Å². The van der Waals surface area contributed by atoms with Crippen molar-refractivity contribution in [1.29, 1.82) is 0 Å². The summed E-state index contributed by atoms with van der Waals surface area (Å²) in [6.07, 6.45) is 1.53. The molecule has 2 heterocycles. The first-order chi connectivity index (χ1) is 12.0. The Morgan fingerprint density at radius 1 is 1.28 bits per heavy atom. The molecule has 0 saturated heterocycles. The van der Waals surface area contributed by atoms with Crippen molar-refractivity contribution in [2.24, 2.45) is 0 Å². The van der Waals surface area contributed by atoms with Gasteiger partial charge in [-0.15, -0.1) is 0 Å². The van der Waals surface area contributed by atoms with E-state index in [1.165, 1.54) is 21.9 Å². The maximum absolute atomic E-state index is 12.6. The fraction of sp³-hybridized carbons (Fsp3) is 0.167. The van der Waals surface area contributed by atoms with Crippen LogP contribution < -0.4 is 5.43 Å². The van der Waals surface area contributed by atoms with Gasteiger partial charge in [0.1, 0.15) is 5.76 Å². The second-order valence-corrected chi connectivity index (χ2v) is 6.01. The van der Waals surface area contributed by atoms with Crippen LogP contribution in [-0.2, 0) is 6.54 Å². The molecule has 7 heteroatoms. The molecule has 0 spiro atoms. The fourth-order valence-corrected chi connectivity index (χ4v) is 2.67. The van der Waals surface area contributed by atoms with Gasteiger partial charge in [0.2, 0.25) is 5.43 Å². The van der Waals surface area contributed by atoms with Crippen molar-refractivity contribution in [2.75, 3.05) is 7.05 Å². The Balaban J connectivity index is 1.99. The van der Waals surface area contributed by atoms with Gasteiger partial charge in [-0.05, 0) is 31.2 Å². The summed E-state index contributed by atoms with van der Waals surface area (Å²) in [7, 11) is 1.59. The van der Waals surface area contributed by atoms with Gasteiger partial charge in [0.05, 0.1) is 23.5 Å². The number of amides is 1. The Bertz CT molecular complexity index is 964. The minimum absolute atomic E-state index is 0.167. The highest BCUT2D eigenvalue weighted by Gasteiger charge is 2.20. The lowest BCUT2D eigenvalue weighted by Crippen LogP contribution is -2.33. The average molecular weight is 358 g/mol. The maximum Gasteiger partial charge on any atom is 0.278 e. The number of nitrogens with zero attached hydrogens (tertiary/aromatic N) is 3. The first-order valence-corrected chi connectivity index (χ1v) is 7.99. The summed E-state index contributed by atoms with van der Waals surface area (Å²) in [5.41, 5.74) is 0.587. The Labute approximate surface area is 149 Å². The highest BCUT2D eigenvalue weighted by Crippen LogP contribution is 2.20. The third-order valence-electron chi connectivity index (χ3n) is 3.71. The van der Waals surface area contributed by atoms with Crippen LogP contribution >= 0.6 is 11.6 Å². The zero-order valence-corrected chi connectivity index (χ0v) is 14.5. The van der Waals surface area contributed by atoms with E-state index in [9.17, 15) is 9.59 Å². The third kappa shape index (κ3) is 3.49. The number of para-hydroxylation sites is 1. The van der Waals surface area contributed by atoms with Crippen LogP contribution in [0.3, 0.4) is 0 Å². The lowest BCUT2D eigenvalue weighted by atomic mass is 10.2. The molecule has 0 aliphatic rings. The zero-order chi connectivity index (χ0) is 18.0. The van der Waals surface area contributed by atoms with E-state index in [1.54, 1.807) is 44.3 Å². The minimum Gasteiger partial charge on any atom is -0.467 e. The third-order valence-corrected chi connectivity index (χ3v) is 4.03. The van der Waals surface area contributed by atoms with E-state index in [2.05, 4.69) is 5.10 Å². The van der Waals surface area contributed by atoms with Crippen molar-refractivity contribution in [3.05, 3.63) is 81.1 Å².